The van der Waals surface area contributed by atoms with Crippen LogP contribution < -0.4 is 0 Å². The SMILES string of the molecule is OCN(CO)CO.[Ti]. The van der Waals surface area contributed by atoms with Crippen LogP contribution in [0.2, 0.25) is 0 Å². The summed E-state index contributed by atoms with van der Waals surface area (Å²) in [6.45, 7) is -0.938. The van der Waals surface area contributed by atoms with Gasteiger partial charge in [0.25, 0.3) is 0 Å². The van der Waals surface area contributed by atoms with E-state index in [1.165, 1.54) is 0 Å². The zero-order valence-corrected chi connectivity index (χ0v) is 5.97. The van der Waals surface area contributed by atoms with Gasteiger partial charge in [-0.1, -0.05) is 0 Å². The van der Waals surface area contributed by atoms with E-state index in [4.69, 9.17) is 15.3 Å². The van der Waals surface area contributed by atoms with Crippen molar-refractivity contribution in [3.63, 3.8) is 0 Å². The molecule has 0 amide bonds. The van der Waals surface area contributed by atoms with Crippen molar-refractivity contribution in [1.29, 1.82) is 0 Å². The van der Waals surface area contributed by atoms with Gasteiger partial charge in [0.1, 0.15) is 0 Å². The Hall–Kier alpha value is 0.554. The minimum absolute atomic E-state index is 0. The Bertz CT molecular complexity index is 36.0. The Kier molecular flexibility index (Phi) is 10.7. The minimum atomic E-state index is -0.312. The molecule has 0 radical (unpaired) electrons. The monoisotopic (exact) mass is 155 g/mol. The second-order valence-electron chi connectivity index (χ2n) is 1.10. The number of aliphatic hydroxyl groups is 3. The molecule has 0 fully saturated rings. The number of rotatable bonds is 3. The molecule has 0 heterocycles. The molecular formula is C3H9NO3Ti. The molecular weight excluding hydrogens is 146 g/mol. The van der Waals surface area contributed by atoms with E-state index in [0.717, 1.165) is 4.90 Å². The Morgan fingerprint density at radius 3 is 1.12 bits per heavy atom. The summed E-state index contributed by atoms with van der Waals surface area (Å²) >= 11 is 0. The van der Waals surface area contributed by atoms with Crippen molar-refractivity contribution in [2.45, 2.75) is 0 Å². The molecule has 0 saturated carbocycles. The maximum Gasteiger partial charge on any atom is 0.0993 e. The standard InChI is InChI=1S/C3H9NO3.Ti/c5-1-4(2-6)3-7;/h5-7H,1-3H2;. The van der Waals surface area contributed by atoms with Crippen LogP contribution in [0.15, 0.2) is 0 Å². The first-order valence-electron chi connectivity index (χ1n) is 1.90. The molecule has 4 nitrogen and oxygen atoms in total. The zero-order chi connectivity index (χ0) is 5.70. The van der Waals surface area contributed by atoms with Gasteiger partial charge in [-0.05, 0) is 0 Å². The van der Waals surface area contributed by atoms with Crippen molar-refractivity contribution in [3.8, 4) is 0 Å². The molecule has 0 aliphatic carbocycles. The molecule has 3 N–H and O–H groups in total. The number of hydrogen-bond donors (Lipinski definition) is 3. The summed E-state index contributed by atoms with van der Waals surface area (Å²) in [5, 5.41) is 24.4. The fourth-order valence-corrected chi connectivity index (χ4v) is 0.134. The number of aliphatic hydroxyl groups excluding tert-OH is 3. The van der Waals surface area contributed by atoms with Crippen LogP contribution in [0, 0.1) is 0 Å². The maximum absolute atomic E-state index is 8.13. The number of nitrogens with zero attached hydrogens (tertiary/aromatic N) is 1. The summed E-state index contributed by atoms with van der Waals surface area (Å²) in [5.41, 5.74) is 0. The van der Waals surface area contributed by atoms with Crippen LogP contribution in [0.5, 0.6) is 0 Å². The second kappa shape index (κ2) is 7.55. The van der Waals surface area contributed by atoms with Gasteiger partial charge >= 0.3 is 0 Å². The van der Waals surface area contributed by atoms with E-state index in [1.807, 2.05) is 0 Å². The quantitative estimate of drug-likeness (QED) is 0.330. The van der Waals surface area contributed by atoms with Crippen molar-refractivity contribution in [1.82, 2.24) is 4.90 Å². The van der Waals surface area contributed by atoms with E-state index >= 15 is 0 Å². The van der Waals surface area contributed by atoms with Gasteiger partial charge in [-0.25, -0.2) is 4.90 Å². The molecule has 0 unspecified atom stereocenters. The Morgan fingerprint density at radius 1 is 0.875 bits per heavy atom. The van der Waals surface area contributed by atoms with E-state index in [1.54, 1.807) is 0 Å². The van der Waals surface area contributed by atoms with Crippen LogP contribution in [-0.2, 0) is 21.7 Å². The van der Waals surface area contributed by atoms with Gasteiger partial charge in [-0.3, -0.25) is 0 Å². The molecule has 8 heavy (non-hydrogen) atoms. The van der Waals surface area contributed by atoms with Crippen LogP contribution >= 0.6 is 0 Å². The third-order valence-electron chi connectivity index (χ3n) is 0.600. The van der Waals surface area contributed by atoms with E-state index in [-0.39, 0.29) is 41.9 Å². The summed E-state index contributed by atoms with van der Waals surface area (Å²) in [6.07, 6.45) is 0. The summed E-state index contributed by atoms with van der Waals surface area (Å²) in [4.78, 5) is 1.04. The topological polar surface area (TPSA) is 63.9 Å². The average molecular weight is 155 g/mol. The van der Waals surface area contributed by atoms with E-state index in [0.29, 0.717) is 0 Å². The fourth-order valence-electron chi connectivity index (χ4n) is 0.134. The smallest absolute Gasteiger partial charge is 0.0993 e. The second-order valence-corrected chi connectivity index (χ2v) is 1.10. The summed E-state index contributed by atoms with van der Waals surface area (Å²) in [7, 11) is 0. The molecule has 0 aromatic rings. The Morgan fingerprint density at radius 2 is 1.12 bits per heavy atom. The average Bonchev–Trinajstić information content (AvgIpc) is 1.72. The Labute approximate surface area is 62.6 Å². The molecule has 0 rings (SSSR count). The van der Waals surface area contributed by atoms with Crippen molar-refractivity contribution in [3.05, 3.63) is 0 Å². The first kappa shape index (κ1) is 11.4. The van der Waals surface area contributed by atoms with Crippen LogP contribution in [0.3, 0.4) is 0 Å². The molecule has 0 aliphatic rings. The van der Waals surface area contributed by atoms with Gasteiger partial charge in [-0.15, -0.1) is 0 Å². The molecule has 0 saturated heterocycles. The van der Waals surface area contributed by atoms with Gasteiger partial charge in [-0.2, -0.15) is 0 Å². The van der Waals surface area contributed by atoms with Gasteiger partial charge in [0, 0.05) is 21.7 Å². The minimum Gasteiger partial charge on any atom is -0.381 e. The van der Waals surface area contributed by atoms with Crippen LogP contribution in [0.25, 0.3) is 0 Å². The predicted octanol–water partition coefficient (Wildman–Crippen LogP) is -1.86. The van der Waals surface area contributed by atoms with Gasteiger partial charge in [0.15, 0.2) is 0 Å². The van der Waals surface area contributed by atoms with Crippen molar-refractivity contribution < 1.29 is 37.0 Å². The molecule has 48 valence electrons. The van der Waals surface area contributed by atoms with Crippen LogP contribution in [-0.4, -0.2) is 40.4 Å². The number of hydrogen-bond acceptors (Lipinski definition) is 4. The molecule has 0 aromatic carbocycles. The molecule has 0 spiro atoms. The predicted molar refractivity (Wildman–Crippen MR) is 23.1 cm³/mol. The summed E-state index contributed by atoms with van der Waals surface area (Å²) < 4.78 is 0. The third kappa shape index (κ3) is 4.71. The summed E-state index contributed by atoms with van der Waals surface area (Å²) in [5.74, 6) is 0. The van der Waals surface area contributed by atoms with E-state index in [9.17, 15) is 0 Å². The third-order valence-corrected chi connectivity index (χ3v) is 0.600. The van der Waals surface area contributed by atoms with Gasteiger partial charge in [0.2, 0.25) is 0 Å². The molecule has 0 aromatic heterocycles. The van der Waals surface area contributed by atoms with Crippen molar-refractivity contribution in [2.24, 2.45) is 0 Å². The van der Waals surface area contributed by atoms with Gasteiger partial charge < -0.3 is 15.3 Å². The van der Waals surface area contributed by atoms with Crippen molar-refractivity contribution >= 4 is 0 Å². The van der Waals surface area contributed by atoms with Gasteiger partial charge in [0.05, 0.1) is 20.2 Å². The Balaban J connectivity index is 0. The maximum atomic E-state index is 8.13. The first-order valence-corrected chi connectivity index (χ1v) is 1.90. The molecule has 0 aliphatic heterocycles. The largest absolute Gasteiger partial charge is 0.381 e. The zero-order valence-electron chi connectivity index (χ0n) is 4.41. The van der Waals surface area contributed by atoms with Crippen LogP contribution in [0.4, 0.5) is 0 Å². The fraction of sp³-hybridized carbons (Fsp3) is 1.00. The summed E-state index contributed by atoms with van der Waals surface area (Å²) in [6, 6.07) is 0. The van der Waals surface area contributed by atoms with Crippen LogP contribution in [0.1, 0.15) is 0 Å². The molecule has 0 atom stereocenters. The first-order chi connectivity index (χ1) is 3.35. The molecule has 5 heteroatoms. The van der Waals surface area contributed by atoms with Crippen molar-refractivity contribution in [2.75, 3.05) is 20.2 Å². The molecule has 0 bridgehead atoms. The normalized spacial score (nSPS) is 9.00. The van der Waals surface area contributed by atoms with E-state index in [2.05, 4.69) is 0 Å². The van der Waals surface area contributed by atoms with E-state index < -0.39 is 0 Å².